The van der Waals surface area contributed by atoms with E-state index in [1.165, 1.54) is 38.5 Å². The van der Waals surface area contributed by atoms with Crippen LogP contribution in [-0.4, -0.2) is 17.6 Å². The molecule has 1 N–H and O–H groups in total. The van der Waals surface area contributed by atoms with Gasteiger partial charge in [0.2, 0.25) is 5.88 Å². The van der Waals surface area contributed by atoms with Gasteiger partial charge in [-0.2, -0.15) is 0 Å². The number of aromatic nitrogens is 1. The van der Waals surface area contributed by atoms with Crippen LogP contribution >= 0.6 is 0 Å². The van der Waals surface area contributed by atoms with Crippen LogP contribution in [0.1, 0.15) is 52.4 Å². The van der Waals surface area contributed by atoms with Crippen LogP contribution in [0.15, 0.2) is 18.3 Å². The van der Waals surface area contributed by atoms with Gasteiger partial charge in [-0.1, -0.05) is 19.8 Å². The fraction of sp³-hybridized carbons (Fsp3) is 0.688. The zero-order chi connectivity index (χ0) is 13.5. The predicted molar refractivity (Wildman–Crippen MR) is 79.7 cm³/mol. The molecule has 3 heteroatoms. The number of nitrogens with zero attached hydrogens (tertiary/aromatic N) is 1. The van der Waals surface area contributed by atoms with Gasteiger partial charge in [-0.3, -0.25) is 0 Å². The van der Waals surface area contributed by atoms with Crippen LogP contribution in [0.5, 0.6) is 5.88 Å². The zero-order valence-corrected chi connectivity index (χ0v) is 12.2. The molecule has 0 saturated heterocycles. The van der Waals surface area contributed by atoms with Gasteiger partial charge in [-0.15, -0.1) is 0 Å². The molecular weight excluding hydrogens is 236 g/mol. The average molecular weight is 262 g/mol. The summed E-state index contributed by atoms with van der Waals surface area (Å²) in [6, 6.07) is 4.62. The number of rotatable bonds is 6. The summed E-state index contributed by atoms with van der Waals surface area (Å²) in [7, 11) is 0. The fourth-order valence-corrected chi connectivity index (χ4v) is 2.94. The van der Waals surface area contributed by atoms with Crippen molar-refractivity contribution >= 4 is 5.69 Å². The second-order valence-electron chi connectivity index (χ2n) is 5.47. The molecule has 0 atom stereocenters. The van der Waals surface area contributed by atoms with E-state index in [4.69, 9.17) is 4.74 Å². The maximum absolute atomic E-state index is 5.35. The van der Waals surface area contributed by atoms with Crippen LogP contribution in [0.4, 0.5) is 5.69 Å². The number of hydrogen-bond acceptors (Lipinski definition) is 3. The highest BCUT2D eigenvalue weighted by molar-refractivity contribution is 5.43. The summed E-state index contributed by atoms with van der Waals surface area (Å²) in [6.45, 7) is 4.93. The SMILES string of the molecule is CCCC1CCC(Nc2ccc(OCC)nc2)CC1. The minimum Gasteiger partial charge on any atom is -0.478 e. The van der Waals surface area contributed by atoms with Crippen molar-refractivity contribution in [2.75, 3.05) is 11.9 Å². The number of anilines is 1. The normalized spacial score (nSPS) is 23.1. The zero-order valence-electron chi connectivity index (χ0n) is 12.2. The molecule has 0 radical (unpaired) electrons. The Labute approximate surface area is 116 Å². The minimum atomic E-state index is 0.618. The van der Waals surface area contributed by atoms with Gasteiger partial charge in [-0.05, 0) is 44.6 Å². The molecule has 3 nitrogen and oxygen atoms in total. The topological polar surface area (TPSA) is 34.1 Å². The van der Waals surface area contributed by atoms with E-state index in [-0.39, 0.29) is 0 Å². The van der Waals surface area contributed by atoms with Crippen molar-refractivity contribution < 1.29 is 4.74 Å². The summed E-state index contributed by atoms with van der Waals surface area (Å²) in [5.74, 6) is 1.67. The highest BCUT2D eigenvalue weighted by Gasteiger charge is 2.20. The standard InChI is InChI=1S/C16H26N2O/c1-3-5-13-6-8-14(9-7-13)18-15-10-11-16(17-12-15)19-4-2/h10-14,18H,3-9H2,1-2H3. The minimum absolute atomic E-state index is 0.618. The van der Waals surface area contributed by atoms with Gasteiger partial charge in [-0.25, -0.2) is 4.98 Å². The second kappa shape index (κ2) is 7.37. The van der Waals surface area contributed by atoms with Gasteiger partial charge in [0.15, 0.2) is 0 Å². The Morgan fingerprint density at radius 3 is 2.58 bits per heavy atom. The molecule has 0 aromatic carbocycles. The Hall–Kier alpha value is -1.25. The van der Waals surface area contributed by atoms with E-state index in [0.717, 1.165) is 11.6 Å². The Morgan fingerprint density at radius 2 is 2.00 bits per heavy atom. The molecule has 0 spiro atoms. The molecule has 19 heavy (non-hydrogen) atoms. The first kappa shape index (κ1) is 14.2. The third kappa shape index (κ3) is 4.41. The van der Waals surface area contributed by atoms with Crippen LogP contribution in [0.25, 0.3) is 0 Å². The lowest BCUT2D eigenvalue weighted by molar-refractivity contribution is 0.318. The summed E-state index contributed by atoms with van der Waals surface area (Å²) >= 11 is 0. The molecule has 1 aliphatic carbocycles. The van der Waals surface area contributed by atoms with Crippen molar-refractivity contribution in [2.24, 2.45) is 5.92 Å². The molecule has 1 heterocycles. The third-order valence-corrected chi connectivity index (χ3v) is 3.94. The summed E-state index contributed by atoms with van der Waals surface area (Å²) in [6.07, 6.45) is 9.92. The molecular formula is C16H26N2O. The van der Waals surface area contributed by atoms with Crippen molar-refractivity contribution in [3.63, 3.8) is 0 Å². The molecule has 0 amide bonds. The Balaban J connectivity index is 1.78. The average Bonchev–Trinajstić information content (AvgIpc) is 2.44. The van der Waals surface area contributed by atoms with Gasteiger partial charge in [0.25, 0.3) is 0 Å². The van der Waals surface area contributed by atoms with E-state index in [9.17, 15) is 0 Å². The van der Waals surface area contributed by atoms with Crippen molar-refractivity contribution in [1.29, 1.82) is 0 Å². The van der Waals surface area contributed by atoms with E-state index < -0.39 is 0 Å². The molecule has 2 rings (SSSR count). The quantitative estimate of drug-likeness (QED) is 0.832. The lowest BCUT2D eigenvalue weighted by Crippen LogP contribution is -2.26. The fourth-order valence-electron chi connectivity index (χ4n) is 2.94. The molecule has 0 aliphatic heterocycles. The predicted octanol–water partition coefficient (Wildman–Crippen LogP) is 4.25. The lowest BCUT2D eigenvalue weighted by Gasteiger charge is -2.29. The van der Waals surface area contributed by atoms with Gasteiger partial charge in [0.1, 0.15) is 0 Å². The number of hydrogen-bond donors (Lipinski definition) is 1. The monoisotopic (exact) mass is 262 g/mol. The third-order valence-electron chi connectivity index (χ3n) is 3.94. The largest absolute Gasteiger partial charge is 0.478 e. The molecule has 0 unspecified atom stereocenters. The van der Waals surface area contributed by atoms with Crippen LogP contribution in [-0.2, 0) is 0 Å². The summed E-state index contributed by atoms with van der Waals surface area (Å²) in [5, 5.41) is 3.59. The van der Waals surface area contributed by atoms with Gasteiger partial charge < -0.3 is 10.1 Å². The highest BCUT2D eigenvalue weighted by Crippen LogP contribution is 2.29. The van der Waals surface area contributed by atoms with Crippen molar-refractivity contribution in [1.82, 2.24) is 4.98 Å². The first-order chi connectivity index (χ1) is 9.31. The Bertz CT molecular complexity index is 356. The van der Waals surface area contributed by atoms with E-state index in [1.54, 1.807) is 0 Å². The van der Waals surface area contributed by atoms with Crippen LogP contribution in [0.2, 0.25) is 0 Å². The maximum Gasteiger partial charge on any atom is 0.213 e. The molecule has 1 fully saturated rings. The van der Waals surface area contributed by atoms with Crippen molar-refractivity contribution in [3.8, 4) is 5.88 Å². The summed E-state index contributed by atoms with van der Waals surface area (Å²) in [4.78, 5) is 4.29. The van der Waals surface area contributed by atoms with Gasteiger partial charge in [0.05, 0.1) is 18.5 Å². The first-order valence-electron chi connectivity index (χ1n) is 7.67. The molecule has 106 valence electrons. The van der Waals surface area contributed by atoms with E-state index in [2.05, 4.69) is 23.3 Å². The van der Waals surface area contributed by atoms with E-state index >= 15 is 0 Å². The Kier molecular flexibility index (Phi) is 5.49. The van der Waals surface area contributed by atoms with Crippen molar-refractivity contribution in [2.45, 2.75) is 58.4 Å². The Morgan fingerprint density at radius 1 is 1.21 bits per heavy atom. The number of ether oxygens (including phenoxy) is 1. The molecule has 1 aliphatic rings. The lowest BCUT2D eigenvalue weighted by atomic mass is 9.83. The number of nitrogens with one attached hydrogen (secondary N) is 1. The van der Waals surface area contributed by atoms with Gasteiger partial charge in [0, 0.05) is 12.1 Å². The van der Waals surface area contributed by atoms with Crippen LogP contribution in [0, 0.1) is 5.92 Å². The van der Waals surface area contributed by atoms with E-state index in [0.29, 0.717) is 18.5 Å². The second-order valence-corrected chi connectivity index (χ2v) is 5.47. The molecule has 0 bridgehead atoms. The molecule has 1 aromatic rings. The van der Waals surface area contributed by atoms with Crippen molar-refractivity contribution in [3.05, 3.63) is 18.3 Å². The first-order valence-corrected chi connectivity index (χ1v) is 7.67. The molecule has 1 aromatic heterocycles. The van der Waals surface area contributed by atoms with Crippen LogP contribution < -0.4 is 10.1 Å². The smallest absolute Gasteiger partial charge is 0.213 e. The van der Waals surface area contributed by atoms with Gasteiger partial charge >= 0.3 is 0 Å². The highest BCUT2D eigenvalue weighted by atomic mass is 16.5. The number of pyridine rings is 1. The summed E-state index contributed by atoms with van der Waals surface area (Å²) < 4.78 is 5.35. The maximum atomic E-state index is 5.35. The summed E-state index contributed by atoms with van der Waals surface area (Å²) in [5.41, 5.74) is 1.11. The molecule has 1 saturated carbocycles. The van der Waals surface area contributed by atoms with Crippen LogP contribution in [0.3, 0.4) is 0 Å². The van der Waals surface area contributed by atoms with E-state index in [1.807, 2.05) is 19.2 Å².